The Bertz CT molecular complexity index is 270. The maximum atomic E-state index is 10.8. The van der Waals surface area contributed by atoms with Gasteiger partial charge in [-0.1, -0.05) is 12.1 Å². The molecule has 1 amide bonds. The summed E-state index contributed by atoms with van der Waals surface area (Å²) >= 11 is 0. The van der Waals surface area contributed by atoms with Gasteiger partial charge in [0, 0.05) is 6.92 Å². The van der Waals surface area contributed by atoms with E-state index >= 15 is 0 Å². The predicted molar refractivity (Wildman–Crippen MR) is 39.3 cm³/mol. The number of carbonyl (C=O) groups is 1. The third-order valence-corrected chi connectivity index (χ3v) is 1.63. The van der Waals surface area contributed by atoms with Gasteiger partial charge in [0.1, 0.15) is 0 Å². The normalized spacial score (nSPS) is 12.7. The highest BCUT2D eigenvalue weighted by Crippen LogP contribution is 2.46. The van der Waals surface area contributed by atoms with Crippen molar-refractivity contribution in [2.45, 2.75) is 6.92 Å². The number of hydrogen-bond acceptors (Lipinski definition) is 1. The van der Waals surface area contributed by atoms with Crippen LogP contribution in [0.25, 0.3) is 0 Å². The van der Waals surface area contributed by atoms with Gasteiger partial charge in [0.2, 0.25) is 5.91 Å². The molecule has 0 saturated heterocycles. The van der Waals surface area contributed by atoms with Crippen LogP contribution in [0.4, 0.5) is 11.4 Å². The van der Waals surface area contributed by atoms with Gasteiger partial charge in [-0.05, 0) is 12.1 Å². The highest BCUT2D eigenvalue weighted by Gasteiger charge is 2.30. The number of hydrogen-bond donors (Lipinski definition) is 0. The van der Waals surface area contributed by atoms with Crippen LogP contribution in [-0.2, 0) is 4.79 Å². The summed E-state index contributed by atoms with van der Waals surface area (Å²) in [4.78, 5) is 12.5. The lowest BCUT2D eigenvalue weighted by Crippen LogP contribution is -2.05. The quantitative estimate of drug-likeness (QED) is 0.493. The number of rotatable bonds is 0. The molecule has 1 aromatic carbocycles. The van der Waals surface area contributed by atoms with E-state index in [1.165, 1.54) is 0 Å². The van der Waals surface area contributed by atoms with Crippen molar-refractivity contribution in [1.82, 2.24) is 0 Å². The van der Waals surface area contributed by atoms with E-state index in [0.29, 0.717) is 0 Å². The van der Waals surface area contributed by atoms with Crippen molar-refractivity contribution in [2.24, 2.45) is 0 Å². The van der Waals surface area contributed by atoms with Crippen LogP contribution in [0.1, 0.15) is 6.92 Å². The van der Waals surface area contributed by atoms with Crippen LogP contribution >= 0.6 is 0 Å². The van der Waals surface area contributed by atoms with E-state index < -0.39 is 0 Å². The largest absolute Gasteiger partial charge is 0.277 e. The first-order valence-corrected chi connectivity index (χ1v) is 3.20. The van der Waals surface area contributed by atoms with Crippen molar-refractivity contribution in [3.05, 3.63) is 24.3 Å². The van der Waals surface area contributed by atoms with Crippen molar-refractivity contribution in [2.75, 3.05) is 4.90 Å². The summed E-state index contributed by atoms with van der Waals surface area (Å²) in [6.45, 7) is 1.57. The second-order valence-corrected chi connectivity index (χ2v) is 2.34. The Labute approximate surface area is 59.1 Å². The fourth-order valence-electron chi connectivity index (χ4n) is 1.14. The van der Waals surface area contributed by atoms with Gasteiger partial charge in [0.25, 0.3) is 0 Å². The van der Waals surface area contributed by atoms with E-state index in [4.69, 9.17) is 0 Å². The summed E-state index contributed by atoms with van der Waals surface area (Å²) in [6, 6.07) is 7.75. The molecule has 2 nitrogen and oxygen atoms in total. The molecule has 50 valence electrons. The summed E-state index contributed by atoms with van der Waals surface area (Å²) in [5, 5.41) is 0. The van der Waals surface area contributed by atoms with Gasteiger partial charge in [-0.15, -0.1) is 0 Å². The Morgan fingerprint density at radius 1 is 1.30 bits per heavy atom. The van der Waals surface area contributed by atoms with E-state index in [9.17, 15) is 4.79 Å². The van der Waals surface area contributed by atoms with E-state index in [0.717, 1.165) is 11.4 Å². The molecule has 0 aliphatic carbocycles. The molecule has 1 heterocycles. The Balaban J connectivity index is 2.37. The first-order valence-electron chi connectivity index (χ1n) is 3.20. The number of carbonyl (C=O) groups excluding carboxylic acids is 1. The Kier molecular flexibility index (Phi) is 0.873. The van der Waals surface area contributed by atoms with Crippen LogP contribution in [-0.4, -0.2) is 5.91 Å². The number of benzene rings is 1. The molecular formula is C8H7NO. The third kappa shape index (κ3) is 0.559. The molecule has 0 unspecified atom stereocenters. The highest BCUT2D eigenvalue weighted by atomic mass is 16.2. The zero-order chi connectivity index (χ0) is 7.14. The fourth-order valence-corrected chi connectivity index (χ4v) is 1.14. The first kappa shape index (κ1) is 5.47. The number of anilines is 2. The summed E-state index contributed by atoms with van der Waals surface area (Å²) in [7, 11) is 0. The molecule has 0 radical (unpaired) electrons. The van der Waals surface area contributed by atoms with Crippen LogP contribution in [0.3, 0.4) is 0 Å². The summed E-state index contributed by atoms with van der Waals surface area (Å²) < 4.78 is 0. The molecule has 0 aromatic heterocycles. The lowest BCUT2D eigenvalue weighted by Gasteiger charge is -1.89. The Morgan fingerprint density at radius 3 is 2.20 bits per heavy atom. The fraction of sp³-hybridized carbons (Fsp3) is 0.125. The van der Waals surface area contributed by atoms with E-state index in [2.05, 4.69) is 0 Å². The van der Waals surface area contributed by atoms with Crippen LogP contribution in [0.5, 0.6) is 0 Å². The first-order chi connectivity index (χ1) is 4.80. The van der Waals surface area contributed by atoms with Gasteiger partial charge in [-0.3, -0.25) is 9.69 Å². The molecule has 0 fully saturated rings. The van der Waals surface area contributed by atoms with Gasteiger partial charge in [0.05, 0.1) is 11.4 Å². The molecule has 0 atom stereocenters. The molecule has 10 heavy (non-hydrogen) atoms. The van der Waals surface area contributed by atoms with Crippen LogP contribution in [0, 0.1) is 0 Å². The van der Waals surface area contributed by atoms with Crippen molar-refractivity contribution in [3.8, 4) is 0 Å². The van der Waals surface area contributed by atoms with Crippen LogP contribution in [0.15, 0.2) is 24.3 Å². The summed E-state index contributed by atoms with van der Waals surface area (Å²) in [5.74, 6) is 0.0983. The average molecular weight is 133 g/mol. The van der Waals surface area contributed by atoms with Gasteiger partial charge < -0.3 is 0 Å². The molecule has 2 heteroatoms. The number of fused-ring (bicyclic) bond motifs is 1. The number of amides is 1. The monoisotopic (exact) mass is 133 g/mol. The van der Waals surface area contributed by atoms with Crippen molar-refractivity contribution in [1.29, 1.82) is 0 Å². The standard InChI is InChI=1S/C8H7NO/c1-6(10)9-7-4-2-3-5-8(7)9/h2-5H,1H3. The molecule has 0 spiro atoms. The van der Waals surface area contributed by atoms with E-state index in [1.54, 1.807) is 11.8 Å². The maximum absolute atomic E-state index is 10.8. The molecule has 1 aromatic rings. The van der Waals surface area contributed by atoms with Crippen LogP contribution in [0.2, 0.25) is 0 Å². The maximum Gasteiger partial charge on any atom is 0.228 e. The Morgan fingerprint density at radius 2 is 1.80 bits per heavy atom. The molecule has 1 aliphatic heterocycles. The average Bonchev–Trinajstić information content (AvgIpc) is 2.60. The molecule has 2 rings (SSSR count). The minimum atomic E-state index is 0.0983. The third-order valence-electron chi connectivity index (χ3n) is 1.63. The summed E-state index contributed by atoms with van der Waals surface area (Å²) in [5.41, 5.74) is 2.10. The lowest BCUT2D eigenvalue weighted by atomic mass is 10.4. The molecule has 1 aliphatic rings. The predicted octanol–water partition coefficient (Wildman–Crippen LogP) is 1.68. The van der Waals surface area contributed by atoms with Crippen molar-refractivity contribution < 1.29 is 4.79 Å². The molecule has 0 N–H and O–H groups in total. The molecule has 0 saturated carbocycles. The van der Waals surface area contributed by atoms with Gasteiger partial charge in [-0.25, -0.2) is 0 Å². The molecular weight excluding hydrogens is 126 g/mol. The van der Waals surface area contributed by atoms with Crippen LogP contribution < -0.4 is 4.90 Å². The topological polar surface area (TPSA) is 20.1 Å². The van der Waals surface area contributed by atoms with Crippen molar-refractivity contribution in [3.63, 3.8) is 0 Å². The minimum Gasteiger partial charge on any atom is -0.277 e. The second kappa shape index (κ2) is 1.59. The second-order valence-electron chi connectivity index (χ2n) is 2.34. The van der Waals surface area contributed by atoms with E-state index in [-0.39, 0.29) is 5.91 Å². The summed E-state index contributed by atoms with van der Waals surface area (Å²) in [6.07, 6.45) is 0. The van der Waals surface area contributed by atoms with Crippen molar-refractivity contribution >= 4 is 17.3 Å². The highest BCUT2D eigenvalue weighted by molar-refractivity contribution is 6.14. The van der Waals surface area contributed by atoms with E-state index in [1.807, 2.05) is 24.3 Å². The number of nitrogens with zero attached hydrogens (tertiary/aromatic N) is 1. The van der Waals surface area contributed by atoms with Gasteiger partial charge in [-0.2, -0.15) is 0 Å². The lowest BCUT2D eigenvalue weighted by molar-refractivity contribution is -0.115. The zero-order valence-electron chi connectivity index (χ0n) is 5.66. The van der Waals surface area contributed by atoms with Gasteiger partial charge >= 0.3 is 0 Å². The minimum absolute atomic E-state index is 0.0983. The Hall–Kier alpha value is -1.31. The van der Waals surface area contributed by atoms with Gasteiger partial charge in [0.15, 0.2) is 0 Å². The smallest absolute Gasteiger partial charge is 0.228 e. The molecule has 0 bridgehead atoms. The number of para-hydroxylation sites is 2. The SMILES string of the molecule is CC(=O)N1c2ccccc21. The zero-order valence-corrected chi connectivity index (χ0v) is 5.66.